The van der Waals surface area contributed by atoms with Gasteiger partial charge in [0.2, 0.25) is 0 Å². The third-order valence-electron chi connectivity index (χ3n) is 4.49. The Morgan fingerprint density at radius 3 is 2.96 bits per heavy atom. The Bertz CT molecular complexity index is 710. The van der Waals surface area contributed by atoms with Crippen molar-refractivity contribution in [2.24, 2.45) is 0 Å². The van der Waals surface area contributed by atoms with Gasteiger partial charge in [0, 0.05) is 25.3 Å². The summed E-state index contributed by atoms with van der Waals surface area (Å²) in [5, 5.41) is 6.76. The van der Waals surface area contributed by atoms with Crippen molar-refractivity contribution >= 4 is 5.91 Å². The second kappa shape index (κ2) is 8.25. The molecule has 1 saturated heterocycles. The van der Waals surface area contributed by atoms with Crippen LogP contribution in [0.25, 0.3) is 11.3 Å². The van der Waals surface area contributed by atoms with Gasteiger partial charge in [0.05, 0.1) is 23.6 Å². The molecule has 0 aliphatic carbocycles. The van der Waals surface area contributed by atoms with Crippen molar-refractivity contribution in [2.75, 3.05) is 19.7 Å². The predicted molar refractivity (Wildman–Crippen MR) is 93.8 cm³/mol. The van der Waals surface area contributed by atoms with Crippen LogP contribution in [0.15, 0.2) is 30.5 Å². The van der Waals surface area contributed by atoms with E-state index in [1.54, 1.807) is 23.1 Å². The average molecular weight is 345 g/mol. The summed E-state index contributed by atoms with van der Waals surface area (Å²) < 4.78 is 19.9. The van der Waals surface area contributed by atoms with Gasteiger partial charge in [0.25, 0.3) is 5.91 Å². The van der Waals surface area contributed by atoms with E-state index in [2.05, 4.69) is 10.2 Å². The van der Waals surface area contributed by atoms with E-state index in [1.807, 2.05) is 6.92 Å². The maximum absolute atomic E-state index is 14.1. The monoisotopic (exact) mass is 345 g/mol. The van der Waals surface area contributed by atoms with Crippen LogP contribution in [0.2, 0.25) is 0 Å². The van der Waals surface area contributed by atoms with Gasteiger partial charge in [-0.15, -0.1) is 0 Å². The van der Waals surface area contributed by atoms with Gasteiger partial charge in [0.1, 0.15) is 5.82 Å². The van der Waals surface area contributed by atoms with Crippen LogP contribution >= 0.6 is 0 Å². The van der Waals surface area contributed by atoms with E-state index >= 15 is 0 Å². The Balaban J connectivity index is 1.83. The van der Waals surface area contributed by atoms with Crippen LogP contribution in [0.5, 0.6) is 0 Å². The molecule has 0 radical (unpaired) electrons. The molecule has 1 aliphatic heterocycles. The molecule has 1 aromatic heterocycles. The molecular formula is C19H24FN3O2. The Morgan fingerprint density at radius 2 is 2.24 bits per heavy atom. The third-order valence-corrected chi connectivity index (χ3v) is 4.49. The summed E-state index contributed by atoms with van der Waals surface area (Å²) >= 11 is 0. The van der Waals surface area contributed by atoms with Crippen molar-refractivity contribution in [1.29, 1.82) is 0 Å². The van der Waals surface area contributed by atoms with E-state index in [0.717, 1.165) is 32.3 Å². The molecule has 1 atom stereocenters. The highest BCUT2D eigenvalue weighted by Gasteiger charge is 2.25. The molecule has 25 heavy (non-hydrogen) atoms. The lowest BCUT2D eigenvalue weighted by Gasteiger charge is -2.29. The normalized spacial score (nSPS) is 17.4. The van der Waals surface area contributed by atoms with Crippen LogP contribution in [-0.4, -0.2) is 46.8 Å². The van der Waals surface area contributed by atoms with Crippen molar-refractivity contribution in [3.8, 4) is 11.3 Å². The number of ether oxygens (including phenoxy) is 1. The number of aromatic amines is 1. The van der Waals surface area contributed by atoms with Crippen molar-refractivity contribution in [3.63, 3.8) is 0 Å². The largest absolute Gasteiger partial charge is 0.376 e. The van der Waals surface area contributed by atoms with Crippen molar-refractivity contribution < 1.29 is 13.9 Å². The number of nitrogens with zero attached hydrogens (tertiary/aromatic N) is 2. The number of carbonyl (C=O) groups excluding carboxylic acids is 1. The van der Waals surface area contributed by atoms with Gasteiger partial charge in [0.15, 0.2) is 0 Å². The number of hydrogen-bond donors (Lipinski definition) is 1. The number of nitrogens with one attached hydrogen (secondary N) is 1. The molecule has 1 amide bonds. The summed E-state index contributed by atoms with van der Waals surface area (Å²) in [4.78, 5) is 14.9. The SMILES string of the molecule is CCCN(CC1CCCCO1)C(=O)c1cn[nH]c1-c1ccccc1F. The number of aromatic nitrogens is 2. The number of amides is 1. The fourth-order valence-corrected chi connectivity index (χ4v) is 3.23. The molecule has 0 saturated carbocycles. The predicted octanol–water partition coefficient (Wildman–Crippen LogP) is 3.64. The Labute approximate surface area is 147 Å². The Morgan fingerprint density at radius 1 is 1.40 bits per heavy atom. The van der Waals surface area contributed by atoms with E-state index in [-0.39, 0.29) is 17.8 Å². The van der Waals surface area contributed by atoms with E-state index in [1.165, 1.54) is 12.3 Å². The minimum absolute atomic E-state index is 0.0769. The van der Waals surface area contributed by atoms with E-state index in [4.69, 9.17) is 4.74 Å². The fourth-order valence-electron chi connectivity index (χ4n) is 3.23. The summed E-state index contributed by atoms with van der Waals surface area (Å²) in [5.74, 6) is -0.513. The molecule has 2 aromatic rings. The number of rotatable bonds is 6. The van der Waals surface area contributed by atoms with Gasteiger partial charge in [-0.25, -0.2) is 4.39 Å². The topological polar surface area (TPSA) is 58.2 Å². The van der Waals surface area contributed by atoms with E-state index < -0.39 is 0 Å². The summed E-state index contributed by atoms with van der Waals surface area (Å²) in [6.45, 7) is 4.00. The molecule has 1 aromatic carbocycles. The molecular weight excluding hydrogens is 321 g/mol. The summed E-state index contributed by atoms with van der Waals surface area (Å²) in [6, 6.07) is 6.39. The minimum atomic E-state index is -0.376. The minimum Gasteiger partial charge on any atom is -0.376 e. The lowest BCUT2D eigenvalue weighted by atomic mass is 10.1. The highest BCUT2D eigenvalue weighted by molar-refractivity contribution is 5.99. The number of hydrogen-bond acceptors (Lipinski definition) is 3. The molecule has 1 fully saturated rings. The van der Waals surface area contributed by atoms with Crippen LogP contribution in [0, 0.1) is 5.82 Å². The maximum atomic E-state index is 14.1. The molecule has 134 valence electrons. The summed E-state index contributed by atoms with van der Waals surface area (Å²) in [5.41, 5.74) is 1.18. The molecule has 6 heteroatoms. The smallest absolute Gasteiger partial charge is 0.257 e. The quantitative estimate of drug-likeness (QED) is 0.870. The molecule has 2 heterocycles. The van der Waals surface area contributed by atoms with Gasteiger partial charge in [-0.2, -0.15) is 5.10 Å². The van der Waals surface area contributed by atoms with Crippen LogP contribution in [0.1, 0.15) is 43.0 Å². The number of benzene rings is 1. The van der Waals surface area contributed by atoms with E-state index in [0.29, 0.717) is 29.9 Å². The molecule has 0 bridgehead atoms. The molecule has 3 rings (SSSR count). The summed E-state index contributed by atoms with van der Waals surface area (Å²) in [6.07, 6.45) is 5.59. The van der Waals surface area contributed by atoms with E-state index in [9.17, 15) is 9.18 Å². The Kier molecular flexibility index (Phi) is 5.81. The average Bonchev–Trinajstić information content (AvgIpc) is 3.11. The van der Waals surface area contributed by atoms with Crippen molar-refractivity contribution in [3.05, 3.63) is 41.8 Å². The molecule has 1 N–H and O–H groups in total. The number of halogens is 1. The van der Waals surface area contributed by atoms with Gasteiger partial charge >= 0.3 is 0 Å². The lowest BCUT2D eigenvalue weighted by molar-refractivity contribution is -0.00382. The second-order valence-electron chi connectivity index (χ2n) is 6.38. The molecule has 0 spiro atoms. The van der Waals surface area contributed by atoms with Gasteiger partial charge in [-0.1, -0.05) is 19.1 Å². The summed E-state index contributed by atoms with van der Waals surface area (Å²) in [7, 11) is 0. The highest BCUT2D eigenvalue weighted by atomic mass is 19.1. The number of carbonyl (C=O) groups is 1. The first-order valence-electron chi connectivity index (χ1n) is 8.89. The first kappa shape index (κ1) is 17.6. The zero-order chi connectivity index (χ0) is 17.6. The first-order valence-corrected chi connectivity index (χ1v) is 8.89. The molecule has 1 aliphatic rings. The molecule has 1 unspecified atom stereocenters. The van der Waals surface area contributed by atoms with Gasteiger partial charge in [-0.05, 0) is 37.8 Å². The van der Waals surface area contributed by atoms with Gasteiger partial charge in [-0.3, -0.25) is 9.89 Å². The van der Waals surface area contributed by atoms with Crippen LogP contribution in [-0.2, 0) is 4.74 Å². The zero-order valence-electron chi connectivity index (χ0n) is 14.5. The van der Waals surface area contributed by atoms with Gasteiger partial charge < -0.3 is 9.64 Å². The lowest BCUT2D eigenvalue weighted by Crippen LogP contribution is -2.40. The third kappa shape index (κ3) is 4.07. The zero-order valence-corrected chi connectivity index (χ0v) is 14.5. The van der Waals surface area contributed by atoms with Crippen molar-refractivity contribution in [2.45, 2.75) is 38.7 Å². The van der Waals surface area contributed by atoms with Crippen LogP contribution in [0.4, 0.5) is 4.39 Å². The number of H-pyrrole nitrogens is 1. The van der Waals surface area contributed by atoms with Crippen LogP contribution < -0.4 is 0 Å². The van der Waals surface area contributed by atoms with Crippen LogP contribution in [0.3, 0.4) is 0 Å². The first-order chi connectivity index (χ1) is 12.2. The Hall–Kier alpha value is -2.21. The maximum Gasteiger partial charge on any atom is 0.257 e. The second-order valence-corrected chi connectivity index (χ2v) is 6.38. The highest BCUT2D eigenvalue weighted by Crippen LogP contribution is 2.25. The molecule has 5 nitrogen and oxygen atoms in total. The fraction of sp³-hybridized carbons (Fsp3) is 0.474. The standard InChI is InChI=1S/C19H24FN3O2/c1-2-10-23(13-14-7-5-6-11-25-14)19(24)16-12-21-22-18(16)15-8-3-4-9-17(15)20/h3-4,8-9,12,14H,2,5-7,10-11,13H2,1H3,(H,21,22). The van der Waals surface area contributed by atoms with Crippen molar-refractivity contribution in [1.82, 2.24) is 15.1 Å².